The number of nitrogens with two attached hydrogens (primary N) is 1. The van der Waals surface area contributed by atoms with Crippen LogP contribution in [0.4, 0.5) is 0 Å². The Morgan fingerprint density at radius 1 is 1.57 bits per heavy atom. The van der Waals surface area contributed by atoms with Gasteiger partial charge in [-0.2, -0.15) is 0 Å². The maximum absolute atomic E-state index is 5.64. The van der Waals surface area contributed by atoms with Crippen LogP contribution in [0, 0.1) is 5.92 Å². The van der Waals surface area contributed by atoms with E-state index in [2.05, 4.69) is 29.5 Å². The van der Waals surface area contributed by atoms with Crippen molar-refractivity contribution in [1.82, 2.24) is 20.3 Å². The molecule has 1 rings (SSSR count). The number of nitrogens with one attached hydrogen (secondary N) is 1. The lowest BCUT2D eigenvalue weighted by Gasteiger charge is -2.19. The molecule has 0 fully saturated rings. The highest BCUT2D eigenvalue weighted by Crippen LogP contribution is 2.00. The minimum absolute atomic E-state index is 0.344. The van der Waals surface area contributed by atoms with Crippen molar-refractivity contribution in [3.63, 3.8) is 0 Å². The molecule has 0 aliphatic heterocycles. The first-order chi connectivity index (χ1) is 6.63. The molecular weight excluding hydrogens is 178 g/mol. The maximum atomic E-state index is 5.64. The van der Waals surface area contributed by atoms with Crippen molar-refractivity contribution in [2.45, 2.75) is 26.4 Å². The predicted octanol–water partition coefficient (Wildman–Crippen LogP) is -0.112. The molecule has 1 unspecified atom stereocenters. The largest absolute Gasteiger partial charge is 0.329 e. The highest BCUT2D eigenvalue weighted by molar-refractivity contribution is 4.91. The molecule has 1 aromatic rings. The van der Waals surface area contributed by atoms with Crippen molar-refractivity contribution in [2.75, 3.05) is 6.54 Å². The summed E-state index contributed by atoms with van der Waals surface area (Å²) in [7, 11) is 1.86. The Hall–Kier alpha value is -0.940. The Kier molecular flexibility index (Phi) is 4.03. The van der Waals surface area contributed by atoms with E-state index < -0.39 is 0 Å². The minimum atomic E-state index is 0.344. The third kappa shape index (κ3) is 3.08. The second kappa shape index (κ2) is 5.07. The van der Waals surface area contributed by atoms with Gasteiger partial charge in [-0.1, -0.05) is 19.1 Å². The van der Waals surface area contributed by atoms with Crippen molar-refractivity contribution in [3.8, 4) is 0 Å². The molecule has 14 heavy (non-hydrogen) atoms. The van der Waals surface area contributed by atoms with E-state index in [1.165, 1.54) is 0 Å². The van der Waals surface area contributed by atoms with Crippen LogP contribution < -0.4 is 11.1 Å². The Labute approximate surface area is 84.7 Å². The summed E-state index contributed by atoms with van der Waals surface area (Å²) < 4.78 is 1.70. The Bertz CT molecular complexity index is 268. The molecule has 0 aliphatic carbocycles. The van der Waals surface area contributed by atoms with Crippen LogP contribution in [-0.2, 0) is 13.6 Å². The van der Waals surface area contributed by atoms with Gasteiger partial charge in [0.2, 0.25) is 0 Å². The van der Waals surface area contributed by atoms with E-state index in [0.717, 1.165) is 12.2 Å². The standard InChI is InChI=1S/C9H19N5/c1-7(2)9(4-10)11-5-8-6-14(3)13-12-8/h6-7,9,11H,4-5,10H2,1-3H3. The Balaban J connectivity index is 2.39. The summed E-state index contributed by atoms with van der Waals surface area (Å²) in [5.41, 5.74) is 6.59. The predicted molar refractivity (Wildman–Crippen MR) is 55.5 cm³/mol. The molecule has 80 valence electrons. The molecule has 1 aromatic heterocycles. The summed E-state index contributed by atoms with van der Waals surface area (Å²) in [4.78, 5) is 0. The van der Waals surface area contributed by atoms with E-state index in [0.29, 0.717) is 18.5 Å². The number of rotatable bonds is 5. The van der Waals surface area contributed by atoms with Gasteiger partial charge >= 0.3 is 0 Å². The third-order valence-electron chi connectivity index (χ3n) is 2.25. The van der Waals surface area contributed by atoms with Crippen molar-refractivity contribution in [2.24, 2.45) is 18.7 Å². The number of nitrogens with zero attached hydrogens (tertiary/aromatic N) is 3. The number of aryl methyl sites for hydroxylation is 1. The van der Waals surface area contributed by atoms with Gasteiger partial charge in [-0.05, 0) is 5.92 Å². The van der Waals surface area contributed by atoms with Gasteiger partial charge < -0.3 is 11.1 Å². The zero-order valence-corrected chi connectivity index (χ0v) is 9.07. The first-order valence-corrected chi connectivity index (χ1v) is 4.92. The molecule has 0 spiro atoms. The molecule has 3 N–H and O–H groups in total. The van der Waals surface area contributed by atoms with Gasteiger partial charge in [-0.3, -0.25) is 4.68 Å². The molecule has 5 heteroatoms. The molecule has 0 aromatic carbocycles. The maximum Gasteiger partial charge on any atom is 0.0964 e. The molecule has 0 saturated carbocycles. The zero-order chi connectivity index (χ0) is 10.6. The van der Waals surface area contributed by atoms with Gasteiger partial charge in [0.05, 0.1) is 5.69 Å². The number of aromatic nitrogens is 3. The molecule has 0 aliphatic rings. The Morgan fingerprint density at radius 2 is 2.29 bits per heavy atom. The van der Waals surface area contributed by atoms with E-state index in [4.69, 9.17) is 5.73 Å². The smallest absolute Gasteiger partial charge is 0.0964 e. The topological polar surface area (TPSA) is 68.8 Å². The van der Waals surface area contributed by atoms with Gasteiger partial charge in [0.15, 0.2) is 0 Å². The van der Waals surface area contributed by atoms with Gasteiger partial charge in [0, 0.05) is 32.4 Å². The lowest BCUT2D eigenvalue weighted by Crippen LogP contribution is -2.39. The molecule has 1 heterocycles. The Morgan fingerprint density at radius 3 is 2.71 bits per heavy atom. The van der Waals surface area contributed by atoms with E-state index in [1.54, 1.807) is 4.68 Å². The molecule has 0 amide bonds. The molecule has 0 saturated heterocycles. The van der Waals surface area contributed by atoms with E-state index in [1.807, 2.05) is 13.2 Å². The summed E-state index contributed by atoms with van der Waals surface area (Å²) in [6.07, 6.45) is 1.90. The summed E-state index contributed by atoms with van der Waals surface area (Å²) >= 11 is 0. The average Bonchev–Trinajstić information content (AvgIpc) is 2.52. The van der Waals surface area contributed by atoms with Gasteiger partial charge in [-0.25, -0.2) is 0 Å². The quantitative estimate of drug-likeness (QED) is 0.691. The fraction of sp³-hybridized carbons (Fsp3) is 0.778. The third-order valence-corrected chi connectivity index (χ3v) is 2.25. The highest BCUT2D eigenvalue weighted by atomic mass is 15.4. The van der Waals surface area contributed by atoms with Gasteiger partial charge in [0.25, 0.3) is 0 Å². The van der Waals surface area contributed by atoms with Crippen molar-refractivity contribution in [1.29, 1.82) is 0 Å². The van der Waals surface area contributed by atoms with E-state index >= 15 is 0 Å². The minimum Gasteiger partial charge on any atom is -0.329 e. The fourth-order valence-electron chi connectivity index (χ4n) is 1.30. The van der Waals surface area contributed by atoms with Crippen LogP contribution in [0.25, 0.3) is 0 Å². The second-order valence-corrected chi connectivity index (χ2v) is 3.85. The molecule has 1 atom stereocenters. The average molecular weight is 197 g/mol. The highest BCUT2D eigenvalue weighted by Gasteiger charge is 2.10. The molecule has 0 bridgehead atoms. The van der Waals surface area contributed by atoms with Crippen LogP contribution in [0.15, 0.2) is 6.20 Å². The SMILES string of the molecule is CC(C)C(CN)NCc1cn(C)nn1. The summed E-state index contributed by atoms with van der Waals surface area (Å²) in [6, 6.07) is 0.344. The molecule has 0 radical (unpaired) electrons. The van der Waals surface area contributed by atoms with Crippen LogP contribution in [0.3, 0.4) is 0 Å². The fourth-order valence-corrected chi connectivity index (χ4v) is 1.30. The number of hydrogen-bond acceptors (Lipinski definition) is 4. The number of hydrogen-bond donors (Lipinski definition) is 2. The summed E-state index contributed by atoms with van der Waals surface area (Å²) in [5, 5.41) is 11.2. The summed E-state index contributed by atoms with van der Waals surface area (Å²) in [6.45, 7) is 5.69. The van der Waals surface area contributed by atoms with Crippen LogP contribution in [0.2, 0.25) is 0 Å². The monoisotopic (exact) mass is 197 g/mol. The van der Waals surface area contributed by atoms with Gasteiger partial charge in [-0.15, -0.1) is 5.10 Å². The lowest BCUT2D eigenvalue weighted by molar-refractivity contribution is 0.403. The second-order valence-electron chi connectivity index (χ2n) is 3.85. The summed E-state index contributed by atoms with van der Waals surface area (Å²) in [5.74, 6) is 0.539. The van der Waals surface area contributed by atoms with Crippen LogP contribution >= 0.6 is 0 Å². The van der Waals surface area contributed by atoms with Crippen molar-refractivity contribution < 1.29 is 0 Å². The van der Waals surface area contributed by atoms with Crippen molar-refractivity contribution >= 4 is 0 Å². The van der Waals surface area contributed by atoms with E-state index in [9.17, 15) is 0 Å². The zero-order valence-electron chi connectivity index (χ0n) is 9.07. The first kappa shape index (κ1) is 11.1. The van der Waals surface area contributed by atoms with Crippen LogP contribution in [0.1, 0.15) is 19.5 Å². The molecule has 5 nitrogen and oxygen atoms in total. The van der Waals surface area contributed by atoms with Crippen LogP contribution in [-0.4, -0.2) is 27.6 Å². The first-order valence-electron chi connectivity index (χ1n) is 4.92. The van der Waals surface area contributed by atoms with Crippen molar-refractivity contribution in [3.05, 3.63) is 11.9 Å². The van der Waals surface area contributed by atoms with Gasteiger partial charge in [0.1, 0.15) is 0 Å². The van der Waals surface area contributed by atoms with Crippen LogP contribution in [0.5, 0.6) is 0 Å². The lowest BCUT2D eigenvalue weighted by atomic mass is 10.1. The normalized spacial score (nSPS) is 13.5. The molecular formula is C9H19N5. The van der Waals surface area contributed by atoms with E-state index in [-0.39, 0.29) is 0 Å².